The fourth-order valence-electron chi connectivity index (χ4n) is 1.37. The molecule has 0 spiro atoms. The van der Waals surface area contributed by atoms with E-state index in [1.165, 1.54) is 36.4 Å². The van der Waals surface area contributed by atoms with Gasteiger partial charge in [0.1, 0.15) is 11.6 Å². The lowest BCUT2D eigenvalue weighted by Crippen LogP contribution is -1.94. The van der Waals surface area contributed by atoms with Crippen LogP contribution < -0.4 is 5.32 Å². The van der Waals surface area contributed by atoms with Crippen LogP contribution in [0.4, 0.5) is 20.2 Å². The van der Waals surface area contributed by atoms with E-state index in [9.17, 15) is 8.78 Å². The standard InChI is InChI=1S/C13H8F2N2/c14-10-2-4-11(5-3-10)17-13-6-1-9(8-16)7-12(13)15/h1-7,17H. The van der Waals surface area contributed by atoms with Gasteiger partial charge in [-0.25, -0.2) is 8.78 Å². The van der Waals surface area contributed by atoms with Gasteiger partial charge >= 0.3 is 0 Å². The molecule has 0 aliphatic heterocycles. The zero-order chi connectivity index (χ0) is 12.3. The van der Waals surface area contributed by atoms with E-state index in [1.54, 1.807) is 0 Å². The Bertz CT molecular complexity index is 571. The Morgan fingerprint density at radius 3 is 2.29 bits per heavy atom. The van der Waals surface area contributed by atoms with Crippen LogP contribution in [-0.2, 0) is 0 Å². The summed E-state index contributed by atoms with van der Waals surface area (Å²) in [5, 5.41) is 11.4. The Morgan fingerprint density at radius 2 is 1.71 bits per heavy atom. The predicted molar refractivity (Wildman–Crippen MR) is 60.8 cm³/mol. The Hall–Kier alpha value is -2.41. The van der Waals surface area contributed by atoms with Crippen molar-refractivity contribution in [1.29, 1.82) is 5.26 Å². The highest BCUT2D eigenvalue weighted by molar-refractivity contribution is 5.61. The van der Waals surface area contributed by atoms with E-state index < -0.39 is 5.82 Å². The molecule has 0 radical (unpaired) electrons. The van der Waals surface area contributed by atoms with Crippen molar-refractivity contribution in [3.05, 3.63) is 59.7 Å². The second kappa shape index (κ2) is 4.62. The number of hydrogen-bond donors (Lipinski definition) is 1. The summed E-state index contributed by atoms with van der Waals surface area (Å²) in [6, 6.07) is 11.5. The normalized spacial score (nSPS) is 9.71. The summed E-state index contributed by atoms with van der Waals surface area (Å²) < 4.78 is 26.2. The summed E-state index contributed by atoms with van der Waals surface area (Å²) in [5.41, 5.74) is 1.08. The third-order valence-electron chi connectivity index (χ3n) is 2.22. The lowest BCUT2D eigenvalue weighted by molar-refractivity contribution is 0.628. The average Bonchev–Trinajstić information content (AvgIpc) is 2.34. The summed E-state index contributed by atoms with van der Waals surface area (Å²) in [7, 11) is 0. The molecule has 84 valence electrons. The smallest absolute Gasteiger partial charge is 0.147 e. The van der Waals surface area contributed by atoms with E-state index >= 15 is 0 Å². The molecule has 0 saturated heterocycles. The highest BCUT2D eigenvalue weighted by atomic mass is 19.1. The highest BCUT2D eigenvalue weighted by Gasteiger charge is 2.03. The molecule has 0 fully saturated rings. The maximum Gasteiger partial charge on any atom is 0.147 e. The van der Waals surface area contributed by atoms with E-state index in [2.05, 4.69) is 5.32 Å². The molecule has 0 amide bonds. The quantitative estimate of drug-likeness (QED) is 0.855. The molecule has 2 nitrogen and oxygen atoms in total. The molecule has 0 heterocycles. The molecular formula is C13H8F2N2. The van der Waals surface area contributed by atoms with Crippen molar-refractivity contribution in [2.45, 2.75) is 0 Å². The van der Waals surface area contributed by atoms with Crippen molar-refractivity contribution in [3.63, 3.8) is 0 Å². The molecule has 0 bridgehead atoms. The van der Waals surface area contributed by atoms with Gasteiger partial charge in [-0.1, -0.05) is 0 Å². The number of nitriles is 1. The van der Waals surface area contributed by atoms with Crippen LogP contribution in [0.3, 0.4) is 0 Å². The predicted octanol–water partition coefficient (Wildman–Crippen LogP) is 3.58. The molecule has 1 N–H and O–H groups in total. The van der Waals surface area contributed by atoms with Crippen LogP contribution in [0.5, 0.6) is 0 Å². The third kappa shape index (κ3) is 2.58. The first-order valence-electron chi connectivity index (χ1n) is 4.91. The van der Waals surface area contributed by atoms with Crippen LogP contribution in [0.2, 0.25) is 0 Å². The Morgan fingerprint density at radius 1 is 1.00 bits per heavy atom. The molecule has 0 atom stereocenters. The number of nitrogens with one attached hydrogen (secondary N) is 1. The van der Waals surface area contributed by atoms with Gasteiger partial charge in [0.25, 0.3) is 0 Å². The van der Waals surface area contributed by atoms with Gasteiger partial charge in [0.2, 0.25) is 0 Å². The van der Waals surface area contributed by atoms with E-state index in [1.807, 2.05) is 6.07 Å². The minimum absolute atomic E-state index is 0.246. The van der Waals surface area contributed by atoms with E-state index in [0.717, 1.165) is 6.07 Å². The monoisotopic (exact) mass is 230 g/mol. The summed E-state index contributed by atoms with van der Waals surface area (Å²) in [4.78, 5) is 0. The molecule has 2 rings (SSSR count). The molecule has 4 heteroatoms. The Balaban J connectivity index is 2.25. The average molecular weight is 230 g/mol. The number of rotatable bonds is 2. The van der Waals surface area contributed by atoms with Gasteiger partial charge < -0.3 is 5.32 Å². The summed E-state index contributed by atoms with van der Waals surface area (Å²) in [5.74, 6) is -0.871. The van der Waals surface area contributed by atoms with Gasteiger partial charge in [-0.05, 0) is 42.5 Å². The summed E-state index contributed by atoms with van der Waals surface area (Å²) >= 11 is 0. The topological polar surface area (TPSA) is 35.8 Å². The minimum atomic E-state index is -0.520. The third-order valence-corrected chi connectivity index (χ3v) is 2.22. The maximum atomic E-state index is 13.5. The van der Waals surface area contributed by atoms with Crippen molar-refractivity contribution in [3.8, 4) is 6.07 Å². The van der Waals surface area contributed by atoms with Crippen LogP contribution >= 0.6 is 0 Å². The number of nitrogens with zero attached hydrogens (tertiary/aromatic N) is 1. The van der Waals surface area contributed by atoms with Gasteiger partial charge in [0, 0.05) is 5.69 Å². The molecule has 0 aromatic heterocycles. The number of hydrogen-bond acceptors (Lipinski definition) is 2. The maximum absolute atomic E-state index is 13.5. The van der Waals surface area contributed by atoms with Crippen LogP contribution in [-0.4, -0.2) is 0 Å². The van der Waals surface area contributed by atoms with Gasteiger partial charge in [-0.2, -0.15) is 5.26 Å². The highest BCUT2D eigenvalue weighted by Crippen LogP contribution is 2.20. The van der Waals surface area contributed by atoms with E-state index in [0.29, 0.717) is 5.69 Å². The van der Waals surface area contributed by atoms with E-state index in [-0.39, 0.29) is 17.1 Å². The first-order chi connectivity index (χ1) is 8.19. The second-order valence-electron chi connectivity index (χ2n) is 3.44. The number of benzene rings is 2. The van der Waals surface area contributed by atoms with Crippen LogP contribution in [0.1, 0.15) is 5.56 Å². The van der Waals surface area contributed by atoms with Gasteiger partial charge in [0.15, 0.2) is 0 Å². The van der Waals surface area contributed by atoms with Crippen molar-refractivity contribution >= 4 is 11.4 Å². The Kier molecular flexibility index (Phi) is 3.01. The molecule has 17 heavy (non-hydrogen) atoms. The molecular weight excluding hydrogens is 222 g/mol. The van der Waals surface area contributed by atoms with Gasteiger partial charge in [0.05, 0.1) is 17.3 Å². The number of anilines is 2. The molecule has 0 saturated carbocycles. The van der Waals surface area contributed by atoms with Crippen molar-refractivity contribution in [2.75, 3.05) is 5.32 Å². The zero-order valence-electron chi connectivity index (χ0n) is 8.74. The Labute approximate surface area is 97.1 Å². The summed E-state index contributed by atoms with van der Waals surface area (Å²) in [6.07, 6.45) is 0. The second-order valence-corrected chi connectivity index (χ2v) is 3.44. The molecule has 2 aromatic rings. The fourth-order valence-corrected chi connectivity index (χ4v) is 1.37. The lowest BCUT2D eigenvalue weighted by atomic mass is 10.2. The fraction of sp³-hybridized carbons (Fsp3) is 0. The van der Waals surface area contributed by atoms with Crippen molar-refractivity contribution in [2.24, 2.45) is 0 Å². The molecule has 2 aromatic carbocycles. The first-order valence-corrected chi connectivity index (χ1v) is 4.91. The first kappa shape index (κ1) is 11.1. The zero-order valence-corrected chi connectivity index (χ0v) is 8.74. The van der Waals surface area contributed by atoms with Crippen LogP contribution in [0.15, 0.2) is 42.5 Å². The largest absolute Gasteiger partial charge is 0.353 e. The van der Waals surface area contributed by atoms with Crippen LogP contribution in [0, 0.1) is 23.0 Å². The summed E-state index contributed by atoms with van der Waals surface area (Å²) in [6.45, 7) is 0. The minimum Gasteiger partial charge on any atom is -0.353 e. The van der Waals surface area contributed by atoms with Gasteiger partial charge in [-0.15, -0.1) is 0 Å². The van der Waals surface area contributed by atoms with Gasteiger partial charge in [-0.3, -0.25) is 0 Å². The number of halogens is 2. The molecule has 0 unspecified atom stereocenters. The van der Waals surface area contributed by atoms with Crippen molar-refractivity contribution in [1.82, 2.24) is 0 Å². The molecule has 0 aliphatic rings. The SMILES string of the molecule is N#Cc1ccc(Nc2ccc(F)cc2)c(F)c1. The molecule has 0 aliphatic carbocycles. The van der Waals surface area contributed by atoms with Crippen LogP contribution in [0.25, 0.3) is 0 Å². The van der Waals surface area contributed by atoms with Crippen molar-refractivity contribution < 1.29 is 8.78 Å². The lowest BCUT2D eigenvalue weighted by Gasteiger charge is -2.07. The van der Waals surface area contributed by atoms with E-state index in [4.69, 9.17) is 5.26 Å².